The quantitative estimate of drug-likeness (QED) is 0.546. The summed E-state index contributed by atoms with van der Waals surface area (Å²) >= 11 is 0. The maximum atomic E-state index is 11.3. The normalized spacial score (nSPS) is 9.75. The summed E-state index contributed by atoms with van der Waals surface area (Å²) in [5.41, 5.74) is 6.83. The molecule has 0 aliphatic heterocycles. The number of ketones is 1. The monoisotopic (exact) mass is 162 g/mol. The average molecular weight is 162 g/mol. The fraction of sp³-hybridized carbons (Fsp3) is 0.200. The lowest BCUT2D eigenvalue weighted by molar-refractivity contribution is 0.0983. The lowest BCUT2D eigenvalue weighted by Crippen LogP contribution is -1.98. The fourth-order valence-corrected chi connectivity index (χ4v) is 1.02. The number of hydrogen-bond donors (Lipinski definition) is 1. The third-order valence-electron chi connectivity index (χ3n) is 1.61. The van der Waals surface area contributed by atoms with Crippen molar-refractivity contribution in [1.82, 2.24) is 0 Å². The molecule has 0 unspecified atom stereocenters. The predicted molar refractivity (Wildman–Crippen MR) is 49.8 cm³/mol. The Morgan fingerprint density at radius 3 is 2.83 bits per heavy atom. The van der Waals surface area contributed by atoms with Crippen LogP contribution in [0.5, 0.6) is 0 Å². The van der Waals surface area contributed by atoms with E-state index in [1.165, 1.54) is 0 Å². The molecule has 2 nitrogen and oxygen atoms in total. The van der Waals surface area contributed by atoms with Crippen molar-refractivity contribution >= 4 is 11.5 Å². The molecule has 2 heteroatoms. The van der Waals surface area contributed by atoms with Crippen molar-refractivity contribution in [1.29, 1.82) is 0 Å². The van der Waals surface area contributed by atoms with Crippen molar-refractivity contribution < 1.29 is 4.79 Å². The first kappa shape index (κ1) is 8.78. The van der Waals surface area contributed by atoms with Gasteiger partial charge in [0.25, 0.3) is 0 Å². The molecule has 0 spiro atoms. The largest absolute Gasteiger partial charge is 0.399 e. The van der Waals surface area contributed by atoms with Crippen LogP contribution in [0.15, 0.2) is 24.3 Å². The number of carbonyl (C=O) groups is 1. The van der Waals surface area contributed by atoms with E-state index in [0.29, 0.717) is 24.1 Å². The van der Waals surface area contributed by atoms with Gasteiger partial charge < -0.3 is 5.73 Å². The minimum atomic E-state index is 0.109. The van der Waals surface area contributed by atoms with Gasteiger partial charge in [-0.25, -0.2) is 0 Å². The van der Waals surface area contributed by atoms with Gasteiger partial charge in [-0.15, -0.1) is 0 Å². The van der Waals surface area contributed by atoms with Gasteiger partial charge in [0.2, 0.25) is 0 Å². The average Bonchev–Trinajstić information content (AvgIpc) is 2.05. The van der Waals surface area contributed by atoms with Crippen molar-refractivity contribution in [3.05, 3.63) is 36.8 Å². The van der Waals surface area contributed by atoms with Gasteiger partial charge in [-0.05, 0) is 18.6 Å². The number of benzene rings is 1. The van der Waals surface area contributed by atoms with Crippen LogP contribution in [0.2, 0.25) is 0 Å². The van der Waals surface area contributed by atoms with Crippen LogP contribution in [0.4, 0.5) is 5.69 Å². The van der Waals surface area contributed by atoms with Gasteiger partial charge >= 0.3 is 0 Å². The molecule has 0 saturated heterocycles. The van der Waals surface area contributed by atoms with Crippen LogP contribution in [0.1, 0.15) is 23.2 Å². The third kappa shape index (κ3) is 2.09. The molecule has 1 aromatic rings. The second kappa shape index (κ2) is 3.90. The molecule has 2 N–H and O–H groups in total. The van der Waals surface area contributed by atoms with Gasteiger partial charge in [-0.1, -0.05) is 19.1 Å². The standard InChI is InChI=1S/C10H12NO/c1-2-4-10(12)8-5-3-6-9(11)7-8/h3,5-7H,1-2,4,11H2. The SMILES string of the molecule is [CH2]CCC(=O)c1cccc(N)c1. The van der Waals surface area contributed by atoms with Crippen molar-refractivity contribution in [3.8, 4) is 0 Å². The molecule has 0 saturated carbocycles. The van der Waals surface area contributed by atoms with Gasteiger partial charge in [0.15, 0.2) is 5.78 Å². The number of hydrogen-bond acceptors (Lipinski definition) is 2. The van der Waals surface area contributed by atoms with E-state index in [1.807, 2.05) is 0 Å². The maximum absolute atomic E-state index is 11.3. The number of anilines is 1. The van der Waals surface area contributed by atoms with Gasteiger partial charge in [0, 0.05) is 17.7 Å². The van der Waals surface area contributed by atoms with Crippen LogP contribution >= 0.6 is 0 Å². The van der Waals surface area contributed by atoms with E-state index in [0.717, 1.165) is 0 Å². The van der Waals surface area contributed by atoms with Crippen LogP contribution in [0.3, 0.4) is 0 Å². The zero-order valence-corrected chi connectivity index (χ0v) is 6.92. The van der Waals surface area contributed by atoms with E-state index in [4.69, 9.17) is 5.73 Å². The molecule has 1 rings (SSSR count). The molecular weight excluding hydrogens is 150 g/mol. The molecule has 0 bridgehead atoms. The molecule has 12 heavy (non-hydrogen) atoms. The number of rotatable bonds is 3. The third-order valence-corrected chi connectivity index (χ3v) is 1.61. The summed E-state index contributed by atoms with van der Waals surface area (Å²) in [6.07, 6.45) is 1.12. The predicted octanol–water partition coefficient (Wildman–Crippen LogP) is 2.07. The minimum Gasteiger partial charge on any atom is -0.399 e. The topological polar surface area (TPSA) is 43.1 Å². The Bertz CT molecular complexity index is 281. The van der Waals surface area contributed by atoms with Crippen LogP contribution in [-0.2, 0) is 0 Å². The van der Waals surface area contributed by atoms with E-state index < -0.39 is 0 Å². The Hall–Kier alpha value is -1.31. The first-order chi connectivity index (χ1) is 5.74. The van der Waals surface area contributed by atoms with E-state index >= 15 is 0 Å². The molecular formula is C10H12NO. The number of nitrogen functional groups attached to an aromatic ring is 1. The summed E-state index contributed by atoms with van der Waals surface area (Å²) in [6.45, 7) is 3.62. The molecule has 0 aromatic heterocycles. The molecule has 0 atom stereocenters. The number of Topliss-reactive ketones (excluding diaryl/α,β-unsaturated/α-hetero) is 1. The van der Waals surface area contributed by atoms with Gasteiger partial charge in [0.05, 0.1) is 0 Å². The zero-order chi connectivity index (χ0) is 8.97. The molecule has 1 aromatic carbocycles. The molecule has 0 aliphatic rings. The van der Waals surface area contributed by atoms with Crippen LogP contribution in [-0.4, -0.2) is 5.78 Å². The summed E-state index contributed by atoms with van der Waals surface area (Å²) in [5, 5.41) is 0. The van der Waals surface area contributed by atoms with Crippen LogP contribution in [0, 0.1) is 6.92 Å². The summed E-state index contributed by atoms with van der Waals surface area (Å²) in [6, 6.07) is 7.01. The van der Waals surface area contributed by atoms with E-state index in [2.05, 4.69) is 6.92 Å². The molecule has 0 aliphatic carbocycles. The molecule has 0 amide bonds. The molecule has 0 fully saturated rings. The second-order valence-electron chi connectivity index (χ2n) is 2.65. The highest BCUT2D eigenvalue weighted by atomic mass is 16.1. The highest BCUT2D eigenvalue weighted by Crippen LogP contribution is 2.09. The smallest absolute Gasteiger partial charge is 0.162 e. The summed E-state index contributed by atoms with van der Waals surface area (Å²) < 4.78 is 0. The van der Waals surface area contributed by atoms with E-state index in [1.54, 1.807) is 24.3 Å². The zero-order valence-electron chi connectivity index (χ0n) is 6.92. The summed E-state index contributed by atoms with van der Waals surface area (Å²) in [5.74, 6) is 0.109. The number of nitrogens with two attached hydrogens (primary N) is 1. The van der Waals surface area contributed by atoms with Crippen molar-refractivity contribution in [2.75, 3.05) is 5.73 Å². The Morgan fingerprint density at radius 2 is 2.25 bits per heavy atom. The first-order valence-electron chi connectivity index (χ1n) is 3.92. The Labute approximate surface area is 72.4 Å². The highest BCUT2D eigenvalue weighted by Gasteiger charge is 2.03. The summed E-state index contributed by atoms with van der Waals surface area (Å²) in [7, 11) is 0. The Kier molecular flexibility index (Phi) is 2.86. The lowest BCUT2D eigenvalue weighted by Gasteiger charge is -1.99. The first-order valence-corrected chi connectivity index (χ1v) is 3.92. The van der Waals surface area contributed by atoms with Gasteiger partial charge in [-0.3, -0.25) is 4.79 Å². The van der Waals surface area contributed by atoms with E-state index in [-0.39, 0.29) is 5.78 Å². The van der Waals surface area contributed by atoms with Crippen molar-refractivity contribution in [2.24, 2.45) is 0 Å². The maximum Gasteiger partial charge on any atom is 0.162 e. The van der Waals surface area contributed by atoms with Crippen molar-refractivity contribution in [2.45, 2.75) is 12.8 Å². The minimum absolute atomic E-state index is 0.109. The van der Waals surface area contributed by atoms with Gasteiger partial charge in [-0.2, -0.15) is 0 Å². The molecule has 0 heterocycles. The molecule has 63 valence electrons. The van der Waals surface area contributed by atoms with Crippen LogP contribution < -0.4 is 5.73 Å². The fourth-order valence-electron chi connectivity index (χ4n) is 1.02. The Morgan fingerprint density at radius 1 is 1.50 bits per heavy atom. The van der Waals surface area contributed by atoms with Crippen molar-refractivity contribution in [3.63, 3.8) is 0 Å². The molecule has 1 radical (unpaired) electrons. The number of carbonyl (C=O) groups excluding carboxylic acids is 1. The summed E-state index contributed by atoms with van der Waals surface area (Å²) in [4.78, 5) is 11.3. The lowest BCUT2D eigenvalue weighted by atomic mass is 10.1. The Balaban J connectivity index is 2.81. The van der Waals surface area contributed by atoms with Crippen LogP contribution in [0.25, 0.3) is 0 Å². The van der Waals surface area contributed by atoms with E-state index in [9.17, 15) is 4.79 Å². The second-order valence-corrected chi connectivity index (χ2v) is 2.65. The van der Waals surface area contributed by atoms with Gasteiger partial charge in [0.1, 0.15) is 0 Å². The highest BCUT2D eigenvalue weighted by molar-refractivity contribution is 5.96.